The second-order valence-corrected chi connectivity index (χ2v) is 7.69. The molecule has 4 nitrogen and oxygen atoms in total. The lowest BCUT2D eigenvalue weighted by Gasteiger charge is -2.17. The number of fused-ring (bicyclic) bond motifs is 1. The first-order chi connectivity index (χ1) is 14.2. The third-order valence-electron chi connectivity index (χ3n) is 5.61. The Bertz CT molecular complexity index is 974. The van der Waals surface area contributed by atoms with E-state index in [1.54, 1.807) is 0 Å². The number of hydrogen-bond acceptors (Lipinski definition) is 3. The molecule has 4 rings (SSSR count). The molecule has 1 fully saturated rings. The highest BCUT2D eigenvalue weighted by Crippen LogP contribution is 2.27. The van der Waals surface area contributed by atoms with Gasteiger partial charge in [0, 0.05) is 17.0 Å². The van der Waals surface area contributed by atoms with E-state index < -0.39 is 0 Å². The summed E-state index contributed by atoms with van der Waals surface area (Å²) in [5, 5.41) is 4.18. The number of hydrogen-bond donors (Lipinski definition) is 1. The van der Waals surface area contributed by atoms with Crippen LogP contribution in [-0.2, 0) is 0 Å². The molecule has 1 amide bonds. The lowest BCUT2D eigenvalue weighted by molar-refractivity contribution is 0.0935. The van der Waals surface area contributed by atoms with Gasteiger partial charge in [-0.25, -0.2) is 4.98 Å². The van der Waals surface area contributed by atoms with Crippen molar-refractivity contribution in [3.05, 3.63) is 60.2 Å². The second-order valence-electron chi connectivity index (χ2n) is 7.69. The van der Waals surface area contributed by atoms with E-state index in [0.717, 1.165) is 40.8 Å². The van der Waals surface area contributed by atoms with Crippen molar-refractivity contribution in [3.8, 4) is 17.0 Å². The van der Waals surface area contributed by atoms with Crippen LogP contribution in [0.1, 0.15) is 55.8 Å². The van der Waals surface area contributed by atoms with Crippen LogP contribution in [0.4, 0.5) is 0 Å². The number of aromatic nitrogens is 1. The maximum Gasteiger partial charge on any atom is 0.252 e. The molecule has 0 saturated heterocycles. The predicted molar refractivity (Wildman–Crippen MR) is 117 cm³/mol. The molecule has 4 heteroatoms. The number of rotatable bonds is 5. The minimum atomic E-state index is 0.00249. The molecule has 3 aromatic rings. The van der Waals surface area contributed by atoms with Gasteiger partial charge in [-0.2, -0.15) is 0 Å². The van der Waals surface area contributed by atoms with Crippen LogP contribution < -0.4 is 10.1 Å². The van der Waals surface area contributed by atoms with Crippen molar-refractivity contribution in [2.24, 2.45) is 0 Å². The van der Waals surface area contributed by atoms with Crippen molar-refractivity contribution >= 4 is 16.8 Å². The maximum atomic E-state index is 13.2. The number of nitrogens with one attached hydrogen (secondary N) is 1. The molecule has 0 spiro atoms. The smallest absolute Gasteiger partial charge is 0.252 e. The van der Waals surface area contributed by atoms with Gasteiger partial charge in [-0.05, 0) is 56.2 Å². The summed E-state index contributed by atoms with van der Waals surface area (Å²) in [7, 11) is 0. The van der Waals surface area contributed by atoms with Crippen LogP contribution >= 0.6 is 0 Å². The Morgan fingerprint density at radius 1 is 1.03 bits per heavy atom. The zero-order chi connectivity index (χ0) is 20.1. The Morgan fingerprint density at radius 2 is 1.76 bits per heavy atom. The molecule has 0 radical (unpaired) electrons. The quantitative estimate of drug-likeness (QED) is 0.566. The van der Waals surface area contributed by atoms with Crippen LogP contribution in [0.3, 0.4) is 0 Å². The van der Waals surface area contributed by atoms with Crippen LogP contribution in [0.15, 0.2) is 54.6 Å². The minimum Gasteiger partial charge on any atom is -0.494 e. The lowest BCUT2D eigenvalue weighted by Crippen LogP contribution is -2.34. The fourth-order valence-corrected chi connectivity index (χ4v) is 4.09. The van der Waals surface area contributed by atoms with E-state index in [2.05, 4.69) is 5.32 Å². The molecule has 0 unspecified atom stereocenters. The van der Waals surface area contributed by atoms with Crippen molar-refractivity contribution in [3.63, 3.8) is 0 Å². The number of pyridine rings is 1. The molecule has 0 aliphatic heterocycles. The van der Waals surface area contributed by atoms with Gasteiger partial charge in [0.2, 0.25) is 0 Å². The Morgan fingerprint density at radius 3 is 2.48 bits per heavy atom. The lowest BCUT2D eigenvalue weighted by atomic mass is 10.0. The van der Waals surface area contributed by atoms with E-state index in [-0.39, 0.29) is 11.9 Å². The first kappa shape index (κ1) is 19.4. The van der Waals surface area contributed by atoms with Gasteiger partial charge in [0.05, 0.1) is 23.4 Å². The van der Waals surface area contributed by atoms with Gasteiger partial charge in [-0.3, -0.25) is 4.79 Å². The van der Waals surface area contributed by atoms with E-state index >= 15 is 0 Å². The van der Waals surface area contributed by atoms with Crippen LogP contribution in [-0.4, -0.2) is 23.5 Å². The number of benzene rings is 2. The highest BCUT2D eigenvalue weighted by Gasteiger charge is 2.19. The van der Waals surface area contributed by atoms with Crippen LogP contribution in [0.2, 0.25) is 0 Å². The summed E-state index contributed by atoms with van der Waals surface area (Å²) in [6, 6.07) is 17.9. The summed E-state index contributed by atoms with van der Waals surface area (Å²) in [5.41, 5.74) is 3.31. The maximum absolute atomic E-state index is 13.2. The zero-order valence-corrected chi connectivity index (χ0v) is 17.0. The van der Waals surface area contributed by atoms with Crippen LogP contribution in [0, 0.1) is 0 Å². The number of nitrogens with zero attached hydrogens (tertiary/aromatic N) is 1. The summed E-state index contributed by atoms with van der Waals surface area (Å²) < 4.78 is 5.54. The average Bonchev–Trinajstić information content (AvgIpc) is 3.02. The van der Waals surface area contributed by atoms with E-state index in [0.29, 0.717) is 12.2 Å². The topological polar surface area (TPSA) is 51.2 Å². The number of amides is 1. The molecule has 1 heterocycles. The molecule has 0 bridgehead atoms. The summed E-state index contributed by atoms with van der Waals surface area (Å²) in [5.74, 6) is 0.839. The van der Waals surface area contributed by atoms with Gasteiger partial charge >= 0.3 is 0 Å². The molecule has 1 saturated carbocycles. The average molecular weight is 389 g/mol. The van der Waals surface area contributed by atoms with E-state index in [4.69, 9.17) is 9.72 Å². The fourth-order valence-electron chi connectivity index (χ4n) is 4.09. The molecule has 1 aromatic heterocycles. The summed E-state index contributed by atoms with van der Waals surface area (Å²) in [4.78, 5) is 18.0. The summed E-state index contributed by atoms with van der Waals surface area (Å²) >= 11 is 0. The molecule has 0 atom stereocenters. The van der Waals surface area contributed by atoms with Crippen molar-refractivity contribution in [1.82, 2.24) is 10.3 Å². The first-order valence-corrected chi connectivity index (χ1v) is 10.7. The van der Waals surface area contributed by atoms with Crippen molar-refractivity contribution in [2.45, 2.75) is 51.5 Å². The van der Waals surface area contributed by atoms with Gasteiger partial charge < -0.3 is 10.1 Å². The number of para-hydroxylation sites is 1. The summed E-state index contributed by atoms with van der Waals surface area (Å²) in [6.07, 6.45) is 7.07. The molecule has 29 heavy (non-hydrogen) atoms. The first-order valence-electron chi connectivity index (χ1n) is 10.7. The Hall–Kier alpha value is -2.88. The largest absolute Gasteiger partial charge is 0.494 e. The molecule has 150 valence electrons. The standard InChI is InChI=1S/C25H28N2O2/c1-2-29-20-15-13-18(14-16-20)24-17-22(21-11-7-8-12-23(21)27-24)25(28)26-19-9-5-3-4-6-10-19/h7-8,11-17,19H,2-6,9-10H2,1H3,(H,26,28). The molecule has 1 aliphatic carbocycles. The molecular weight excluding hydrogens is 360 g/mol. The molecule has 2 aromatic carbocycles. The highest BCUT2D eigenvalue weighted by atomic mass is 16.5. The Kier molecular flexibility index (Phi) is 6.09. The minimum absolute atomic E-state index is 0.00249. The van der Waals surface area contributed by atoms with Crippen LogP contribution in [0.5, 0.6) is 5.75 Å². The van der Waals surface area contributed by atoms with Gasteiger partial charge in [-0.1, -0.05) is 43.9 Å². The normalized spacial score (nSPS) is 15.1. The van der Waals surface area contributed by atoms with E-state index in [9.17, 15) is 4.79 Å². The third-order valence-corrected chi connectivity index (χ3v) is 5.61. The van der Waals surface area contributed by atoms with Gasteiger partial charge in [0.25, 0.3) is 5.91 Å². The SMILES string of the molecule is CCOc1ccc(-c2cc(C(=O)NC3CCCCCC3)c3ccccc3n2)cc1. The number of carbonyl (C=O) groups is 1. The Labute approximate surface area is 172 Å². The number of carbonyl (C=O) groups excluding carboxylic acids is 1. The van der Waals surface area contributed by atoms with Crippen molar-refractivity contribution in [1.29, 1.82) is 0 Å². The van der Waals surface area contributed by atoms with Crippen molar-refractivity contribution in [2.75, 3.05) is 6.61 Å². The highest BCUT2D eigenvalue weighted by molar-refractivity contribution is 6.07. The van der Waals surface area contributed by atoms with E-state index in [1.165, 1.54) is 25.7 Å². The van der Waals surface area contributed by atoms with E-state index in [1.807, 2.05) is 61.5 Å². The van der Waals surface area contributed by atoms with Crippen LogP contribution in [0.25, 0.3) is 22.2 Å². The molecule has 1 aliphatic rings. The predicted octanol–water partition coefficient (Wildman–Crippen LogP) is 5.75. The van der Waals surface area contributed by atoms with Gasteiger partial charge in [0.15, 0.2) is 0 Å². The molecule has 1 N–H and O–H groups in total. The van der Waals surface area contributed by atoms with Crippen molar-refractivity contribution < 1.29 is 9.53 Å². The number of ether oxygens (including phenoxy) is 1. The summed E-state index contributed by atoms with van der Waals surface area (Å²) in [6.45, 7) is 2.61. The second kappa shape index (κ2) is 9.08. The van der Waals surface area contributed by atoms with Gasteiger partial charge in [-0.15, -0.1) is 0 Å². The monoisotopic (exact) mass is 388 g/mol. The third kappa shape index (κ3) is 4.58. The zero-order valence-electron chi connectivity index (χ0n) is 17.0. The van der Waals surface area contributed by atoms with Gasteiger partial charge in [0.1, 0.15) is 5.75 Å². The Balaban J connectivity index is 1.67. The fraction of sp³-hybridized carbons (Fsp3) is 0.360. The molecular formula is C25H28N2O2.